The highest BCUT2D eigenvalue weighted by Crippen LogP contribution is 2.17. The molecule has 3 rings (SSSR count). The number of pyridine rings is 1. The number of benzene rings is 1. The van der Waals surface area contributed by atoms with E-state index in [1.807, 2.05) is 30.3 Å². The zero-order valence-corrected chi connectivity index (χ0v) is 13.0. The van der Waals surface area contributed by atoms with Crippen molar-refractivity contribution in [3.8, 4) is 17.0 Å². The van der Waals surface area contributed by atoms with Crippen molar-refractivity contribution in [1.29, 1.82) is 0 Å². The van der Waals surface area contributed by atoms with E-state index in [9.17, 15) is 9.59 Å². The molecule has 0 aliphatic carbocycles. The number of aromatic nitrogens is 3. The number of nitrogens with one attached hydrogen (secondary N) is 3. The van der Waals surface area contributed by atoms with Crippen molar-refractivity contribution in [2.45, 2.75) is 6.54 Å². The van der Waals surface area contributed by atoms with Crippen molar-refractivity contribution in [2.75, 3.05) is 7.11 Å². The Labute approximate surface area is 137 Å². The second-order valence-electron chi connectivity index (χ2n) is 5.07. The fraction of sp³-hybridized carbons (Fsp3) is 0.118. The van der Waals surface area contributed by atoms with E-state index < -0.39 is 0 Å². The van der Waals surface area contributed by atoms with Crippen LogP contribution in [-0.4, -0.2) is 28.2 Å². The molecule has 24 heavy (non-hydrogen) atoms. The molecule has 0 fully saturated rings. The van der Waals surface area contributed by atoms with Crippen molar-refractivity contribution >= 4 is 5.91 Å². The first-order valence-corrected chi connectivity index (χ1v) is 7.32. The molecule has 3 N–H and O–H groups in total. The van der Waals surface area contributed by atoms with E-state index in [-0.39, 0.29) is 18.0 Å². The van der Waals surface area contributed by atoms with Crippen LogP contribution in [0, 0.1) is 0 Å². The monoisotopic (exact) mass is 324 g/mol. The van der Waals surface area contributed by atoms with Gasteiger partial charge in [0.25, 0.3) is 11.5 Å². The first-order chi connectivity index (χ1) is 11.7. The Morgan fingerprint density at radius 2 is 2.04 bits per heavy atom. The molecule has 0 spiro atoms. The number of carbonyl (C=O) groups is 1. The van der Waals surface area contributed by atoms with E-state index in [1.54, 1.807) is 12.1 Å². The number of methoxy groups -OCH3 is 1. The van der Waals surface area contributed by atoms with Gasteiger partial charge in [-0.1, -0.05) is 30.3 Å². The lowest BCUT2D eigenvalue weighted by Gasteiger charge is -2.07. The Balaban J connectivity index is 1.73. The summed E-state index contributed by atoms with van der Waals surface area (Å²) in [5.41, 5.74) is 1.96. The molecule has 0 bridgehead atoms. The Kier molecular flexibility index (Phi) is 4.42. The molecule has 1 amide bonds. The Morgan fingerprint density at radius 3 is 2.79 bits per heavy atom. The van der Waals surface area contributed by atoms with Gasteiger partial charge >= 0.3 is 0 Å². The third-order valence-corrected chi connectivity index (χ3v) is 3.56. The van der Waals surface area contributed by atoms with Crippen LogP contribution in [-0.2, 0) is 6.54 Å². The quantitative estimate of drug-likeness (QED) is 0.665. The summed E-state index contributed by atoms with van der Waals surface area (Å²) < 4.78 is 5.13. The summed E-state index contributed by atoms with van der Waals surface area (Å²) in [5, 5.41) is 9.53. The van der Waals surface area contributed by atoms with Gasteiger partial charge in [0, 0.05) is 11.8 Å². The van der Waals surface area contributed by atoms with Gasteiger partial charge in [0.2, 0.25) is 0 Å². The van der Waals surface area contributed by atoms with Crippen molar-refractivity contribution in [3.05, 3.63) is 70.3 Å². The first-order valence-electron chi connectivity index (χ1n) is 7.32. The van der Waals surface area contributed by atoms with Gasteiger partial charge in [-0.15, -0.1) is 0 Å². The van der Waals surface area contributed by atoms with E-state index in [0.29, 0.717) is 22.7 Å². The van der Waals surface area contributed by atoms with Crippen molar-refractivity contribution in [1.82, 2.24) is 20.5 Å². The Bertz CT molecular complexity index is 899. The van der Waals surface area contributed by atoms with Crippen LogP contribution in [0.15, 0.2) is 53.5 Å². The SMILES string of the molecule is COc1cc[nH]c(=O)c1CNC(=O)c1cc(-c2ccccc2)n[nH]1. The topological polar surface area (TPSA) is 99.9 Å². The van der Waals surface area contributed by atoms with Gasteiger partial charge in [-0.3, -0.25) is 14.7 Å². The third-order valence-electron chi connectivity index (χ3n) is 3.56. The predicted octanol–water partition coefficient (Wildman–Crippen LogP) is 1.70. The van der Waals surface area contributed by atoms with E-state index in [4.69, 9.17) is 4.74 Å². The Morgan fingerprint density at radius 1 is 1.25 bits per heavy atom. The lowest BCUT2D eigenvalue weighted by atomic mass is 10.1. The first kappa shape index (κ1) is 15.5. The maximum atomic E-state index is 12.2. The molecule has 2 heterocycles. The van der Waals surface area contributed by atoms with Gasteiger partial charge < -0.3 is 15.0 Å². The van der Waals surface area contributed by atoms with Crippen molar-refractivity contribution < 1.29 is 9.53 Å². The number of amides is 1. The highest BCUT2D eigenvalue weighted by atomic mass is 16.5. The van der Waals surface area contributed by atoms with Crippen LogP contribution >= 0.6 is 0 Å². The van der Waals surface area contributed by atoms with E-state index in [1.165, 1.54) is 13.3 Å². The molecule has 0 saturated carbocycles. The van der Waals surface area contributed by atoms with Gasteiger partial charge in [0.1, 0.15) is 11.4 Å². The summed E-state index contributed by atoms with van der Waals surface area (Å²) in [6.45, 7) is 0.0534. The van der Waals surface area contributed by atoms with Crippen LogP contribution in [0.1, 0.15) is 16.1 Å². The molecule has 0 radical (unpaired) electrons. The van der Waals surface area contributed by atoms with Crippen LogP contribution in [0.2, 0.25) is 0 Å². The molecule has 0 saturated heterocycles. The maximum Gasteiger partial charge on any atom is 0.269 e. The van der Waals surface area contributed by atoms with Gasteiger partial charge in [-0.05, 0) is 12.1 Å². The minimum Gasteiger partial charge on any atom is -0.496 e. The van der Waals surface area contributed by atoms with Gasteiger partial charge in [0.15, 0.2) is 0 Å². The molecule has 0 aliphatic heterocycles. The average Bonchev–Trinajstić information content (AvgIpc) is 3.11. The second kappa shape index (κ2) is 6.82. The predicted molar refractivity (Wildman–Crippen MR) is 88.8 cm³/mol. The normalized spacial score (nSPS) is 10.4. The molecule has 0 unspecified atom stereocenters. The highest BCUT2D eigenvalue weighted by molar-refractivity contribution is 5.93. The number of carbonyl (C=O) groups excluding carboxylic acids is 1. The molecular weight excluding hydrogens is 308 g/mol. The minimum atomic E-state index is -0.352. The molecule has 1 aromatic carbocycles. The number of ether oxygens (including phenoxy) is 1. The number of rotatable bonds is 5. The molecule has 7 heteroatoms. The summed E-state index contributed by atoms with van der Waals surface area (Å²) in [4.78, 5) is 26.6. The second-order valence-corrected chi connectivity index (χ2v) is 5.07. The fourth-order valence-electron chi connectivity index (χ4n) is 2.31. The van der Waals surface area contributed by atoms with Crippen LogP contribution in [0.25, 0.3) is 11.3 Å². The van der Waals surface area contributed by atoms with Crippen LogP contribution in [0.4, 0.5) is 0 Å². The third kappa shape index (κ3) is 3.19. The van der Waals surface area contributed by atoms with Crippen LogP contribution in [0.5, 0.6) is 5.75 Å². The van der Waals surface area contributed by atoms with E-state index >= 15 is 0 Å². The molecule has 0 atom stereocenters. The molecule has 3 aromatic rings. The van der Waals surface area contributed by atoms with Gasteiger partial charge in [-0.25, -0.2) is 0 Å². The largest absolute Gasteiger partial charge is 0.496 e. The van der Waals surface area contributed by atoms with E-state index in [0.717, 1.165) is 5.56 Å². The number of hydrogen-bond donors (Lipinski definition) is 3. The summed E-state index contributed by atoms with van der Waals surface area (Å²) in [6, 6.07) is 12.8. The maximum absolute atomic E-state index is 12.2. The molecule has 2 aromatic heterocycles. The standard InChI is InChI=1S/C17H16N4O3/c1-24-15-7-8-18-16(22)12(15)10-19-17(23)14-9-13(20-21-14)11-5-3-2-4-6-11/h2-9H,10H2,1H3,(H,18,22)(H,19,23)(H,20,21). The molecule has 7 nitrogen and oxygen atoms in total. The van der Waals surface area contributed by atoms with Gasteiger partial charge in [0.05, 0.1) is 24.9 Å². The van der Waals surface area contributed by atoms with Crippen molar-refractivity contribution in [3.63, 3.8) is 0 Å². The summed E-state index contributed by atoms with van der Waals surface area (Å²) in [5.74, 6) is 0.0728. The lowest BCUT2D eigenvalue weighted by molar-refractivity contribution is 0.0945. The smallest absolute Gasteiger partial charge is 0.269 e. The highest BCUT2D eigenvalue weighted by Gasteiger charge is 2.13. The zero-order valence-electron chi connectivity index (χ0n) is 13.0. The Hall–Kier alpha value is -3.35. The average molecular weight is 324 g/mol. The molecular formula is C17H16N4O3. The number of H-pyrrole nitrogens is 2. The fourth-order valence-corrected chi connectivity index (χ4v) is 2.31. The molecule has 0 aliphatic rings. The number of aromatic amines is 2. The van der Waals surface area contributed by atoms with Crippen molar-refractivity contribution in [2.24, 2.45) is 0 Å². The van der Waals surface area contributed by atoms with Gasteiger partial charge in [-0.2, -0.15) is 5.10 Å². The summed E-state index contributed by atoms with van der Waals surface area (Å²) in [7, 11) is 1.47. The number of hydrogen-bond acceptors (Lipinski definition) is 4. The zero-order chi connectivity index (χ0) is 16.9. The van der Waals surface area contributed by atoms with Crippen LogP contribution in [0.3, 0.4) is 0 Å². The lowest BCUT2D eigenvalue weighted by Crippen LogP contribution is -2.27. The molecule has 122 valence electrons. The number of nitrogens with zero attached hydrogens (tertiary/aromatic N) is 1. The minimum absolute atomic E-state index is 0.0534. The van der Waals surface area contributed by atoms with Crippen LogP contribution < -0.4 is 15.6 Å². The summed E-state index contributed by atoms with van der Waals surface area (Å²) >= 11 is 0. The van der Waals surface area contributed by atoms with E-state index in [2.05, 4.69) is 20.5 Å². The summed E-state index contributed by atoms with van der Waals surface area (Å²) in [6.07, 6.45) is 1.49.